The van der Waals surface area contributed by atoms with Gasteiger partial charge in [-0.1, -0.05) is 30.3 Å². The first-order valence-corrected chi connectivity index (χ1v) is 14.7. The first-order chi connectivity index (χ1) is 18.5. The number of anilines is 1. The fourth-order valence-corrected chi connectivity index (χ4v) is 6.55. The van der Waals surface area contributed by atoms with Crippen LogP contribution in [-0.2, 0) is 26.0 Å². The van der Waals surface area contributed by atoms with E-state index in [1.54, 1.807) is 34.6 Å². The number of nitrogens with one attached hydrogen (secondary N) is 1. The number of ether oxygens (including phenoxy) is 2. The molecule has 0 atom stereocenters. The number of thiophene rings is 1. The summed E-state index contributed by atoms with van der Waals surface area (Å²) in [5, 5.41) is 2.81. The van der Waals surface area contributed by atoms with E-state index in [-0.39, 0.29) is 51.7 Å². The predicted molar refractivity (Wildman–Crippen MR) is 150 cm³/mol. The topological polar surface area (TPSA) is 119 Å². The van der Waals surface area contributed by atoms with Crippen LogP contribution in [0.3, 0.4) is 0 Å². The molecule has 208 valence electrons. The van der Waals surface area contributed by atoms with Crippen molar-refractivity contribution in [3.05, 3.63) is 81.7 Å². The Morgan fingerprint density at radius 1 is 0.923 bits per heavy atom. The molecule has 0 aliphatic carbocycles. The second kappa shape index (κ2) is 13.0. The van der Waals surface area contributed by atoms with Gasteiger partial charge in [-0.05, 0) is 70.0 Å². The van der Waals surface area contributed by atoms with Crippen LogP contribution < -0.4 is 5.32 Å². The van der Waals surface area contributed by atoms with E-state index in [1.165, 1.54) is 28.6 Å². The van der Waals surface area contributed by atoms with E-state index in [0.717, 1.165) is 16.9 Å². The molecule has 1 aromatic heterocycles. The highest BCUT2D eigenvalue weighted by atomic mass is 32.2. The van der Waals surface area contributed by atoms with Gasteiger partial charge in [0.15, 0.2) is 0 Å². The molecule has 0 unspecified atom stereocenters. The summed E-state index contributed by atoms with van der Waals surface area (Å²) in [6.45, 7) is 8.99. The molecule has 3 aromatic rings. The molecule has 1 N–H and O–H groups in total. The normalized spacial score (nSPS) is 11.5. The maximum absolute atomic E-state index is 13.4. The third-order valence-corrected chi connectivity index (χ3v) is 9.02. The average molecular weight is 573 g/mol. The smallest absolute Gasteiger partial charge is 0.348 e. The maximum atomic E-state index is 13.4. The zero-order chi connectivity index (χ0) is 28.7. The van der Waals surface area contributed by atoms with Gasteiger partial charge < -0.3 is 14.8 Å². The Morgan fingerprint density at radius 2 is 1.51 bits per heavy atom. The van der Waals surface area contributed by atoms with Crippen LogP contribution in [0.1, 0.15) is 69.2 Å². The fraction of sp³-hybridized carbons (Fsp3) is 0.321. The summed E-state index contributed by atoms with van der Waals surface area (Å²) in [6, 6.07) is 14.6. The molecule has 0 radical (unpaired) electrons. The van der Waals surface area contributed by atoms with Crippen molar-refractivity contribution in [2.75, 3.05) is 18.5 Å². The third-order valence-electron chi connectivity index (χ3n) is 5.79. The summed E-state index contributed by atoms with van der Waals surface area (Å²) >= 11 is 0.917. The summed E-state index contributed by atoms with van der Waals surface area (Å²) in [4.78, 5) is 38.3. The Balaban J connectivity index is 1.87. The highest BCUT2D eigenvalue weighted by Crippen LogP contribution is 2.35. The summed E-state index contributed by atoms with van der Waals surface area (Å²) in [5.41, 5.74) is 1.45. The summed E-state index contributed by atoms with van der Waals surface area (Å²) in [5.74, 6) is -1.86. The molecule has 0 aliphatic heterocycles. The van der Waals surface area contributed by atoms with E-state index in [0.29, 0.717) is 5.56 Å². The fourth-order valence-electron chi connectivity index (χ4n) is 3.84. The lowest BCUT2D eigenvalue weighted by atomic mass is 10.1. The number of sulfonamides is 1. The minimum Gasteiger partial charge on any atom is -0.462 e. The lowest BCUT2D eigenvalue weighted by Gasteiger charge is -2.26. The first kappa shape index (κ1) is 30.0. The van der Waals surface area contributed by atoms with Crippen molar-refractivity contribution < 1.29 is 32.3 Å². The first-order valence-electron chi connectivity index (χ1n) is 12.5. The van der Waals surface area contributed by atoms with Crippen molar-refractivity contribution in [3.8, 4) is 0 Å². The van der Waals surface area contributed by atoms with Gasteiger partial charge in [0.25, 0.3) is 5.91 Å². The zero-order valence-electron chi connectivity index (χ0n) is 22.5. The van der Waals surface area contributed by atoms with Crippen molar-refractivity contribution in [1.29, 1.82) is 0 Å². The summed E-state index contributed by atoms with van der Waals surface area (Å²) in [6.07, 6.45) is 0. The number of esters is 2. The van der Waals surface area contributed by atoms with Crippen LogP contribution >= 0.6 is 11.3 Å². The van der Waals surface area contributed by atoms with Gasteiger partial charge in [0.1, 0.15) is 9.88 Å². The Morgan fingerprint density at radius 3 is 2.08 bits per heavy atom. The molecule has 39 heavy (non-hydrogen) atoms. The molecular weight excluding hydrogens is 540 g/mol. The van der Waals surface area contributed by atoms with Gasteiger partial charge in [-0.2, -0.15) is 4.31 Å². The van der Waals surface area contributed by atoms with Crippen LogP contribution in [0.15, 0.2) is 59.5 Å². The Hall–Kier alpha value is -3.54. The Labute approximate surface area is 232 Å². The minimum absolute atomic E-state index is 0.0486. The van der Waals surface area contributed by atoms with Gasteiger partial charge in [-0.3, -0.25) is 4.79 Å². The van der Waals surface area contributed by atoms with E-state index in [9.17, 15) is 22.8 Å². The standard InChI is InChI=1S/C28H32N2O7S2/c1-6-36-27(32)23-19(5)24(28(33)37-7-2)38-26(23)29-25(31)21-13-15-22(16-14-21)39(34,35)30(18(3)4)17-20-11-9-8-10-12-20/h8-16,18H,6-7,17H2,1-5H3,(H,29,31). The van der Waals surface area contributed by atoms with Crippen LogP contribution in [0.5, 0.6) is 0 Å². The number of carbonyl (C=O) groups is 3. The molecule has 0 bridgehead atoms. The van der Waals surface area contributed by atoms with Crippen LogP contribution in [-0.4, -0.2) is 49.8 Å². The largest absolute Gasteiger partial charge is 0.462 e. The van der Waals surface area contributed by atoms with Gasteiger partial charge in [-0.15, -0.1) is 11.3 Å². The Kier molecular flexibility index (Phi) is 10.0. The van der Waals surface area contributed by atoms with Gasteiger partial charge in [0, 0.05) is 18.2 Å². The van der Waals surface area contributed by atoms with Crippen LogP contribution in [0.4, 0.5) is 5.00 Å². The zero-order valence-corrected chi connectivity index (χ0v) is 24.1. The summed E-state index contributed by atoms with van der Waals surface area (Å²) < 4.78 is 38.4. The van der Waals surface area contributed by atoms with E-state index < -0.39 is 27.9 Å². The average Bonchev–Trinajstić information content (AvgIpc) is 3.23. The van der Waals surface area contributed by atoms with Crippen LogP contribution in [0, 0.1) is 6.92 Å². The monoisotopic (exact) mass is 572 g/mol. The molecule has 11 heteroatoms. The molecule has 3 rings (SSSR count). The molecule has 0 fully saturated rings. The molecule has 0 saturated carbocycles. The van der Waals surface area contributed by atoms with Crippen molar-refractivity contribution in [2.45, 2.75) is 52.1 Å². The van der Waals surface area contributed by atoms with Crippen molar-refractivity contribution >= 4 is 44.2 Å². The molecule has 1 amide bonds. The van der Waals surface area contributed by atoms with Crippen molar-refractivity contribution in [1.82, 2.24) is 4.31 Å². The molecule has 0 aliphatic rings. The number of hydrogen-bond donors (Lipinski definition) is 1. The van der Waals surface area contributed by atoms with Crippen molar-refractivity contribution in [2.24, 2.45) is 0 Å². The molecule has 2 aromatic carbocycles. The summed E-state index contributed by atoms with van der Waals surface area (Å²) in [7, 11) is -3.85. The quantitative estimate of drug-likeness (QED) is 0.311. The SMILES string of the molecule is CCOC(=O)c1sc(NC(=O)c2ccc(S(=O)(=O)N(Cc3ccccc3)C(C)C)cc2)c(C(=O)OCC)c1C. The molecule has 0 saturated heterocycles. The number of nitrogens with zero attached hydrogens (tertiary/aromatic N) is 1. The van der Waals surface area contributed by atoms with Gasteiger partial charge >= 0.3 is 11.9 Å². The second-order valence-electron chi connectivity index (χ2n) is 8.81. The van der Waals surface area contributed by atoms with E-state index in [4.69, 9.17) is 9.47 Å². The van der Waals surface area contributed by atoms with E-state index in [1.807, 2.05) is 30.3 Å². The maximum Gasteiger partial charge on any atom is 0.348 e. The molecule has 1 heterocycles. The molecule has 9 nitrogen and oxygen atoms in total. The van der Waals surface area contributed by atoms with E-state index in [2.05, 4.69) is 5.32 Å². The number of benzene rings is 2. The highest BCUT2D eigenvalue weighted by molar-refractivity contribution is 7.89. The number of carbonyl (C=O) groups excluding carboxylic acids is 3. The Bertz CT molecular complexity index is 1430. The van der Waals surface area contributed by atoms with Gasteiger partial charge in [0.05, 0.1) is 23.7 Å². The highest BCUT2D eigenvalue weighted by Gasteiger charge is 2.29. The van der Waals surface area contributed by atoms with Gasteiger partial charge in [0.2, 0.25) is 10.0 Å². The minimum atomic E-state index is -3.85. The van der Waals surface area contributed by atoms with E-state index >= 15 is 0 Å². The predicted octanol–water partition coefficient (Wildman–Crippen LogP) is 5.26. The van der Waals surface area contributed by atoms with Crippen LogP contribution in [0.25, 0.3) is 0 Å². The third kappa shape index (κ3) is 6.92. The lowest BCUT2D eigenvalue weighted by molar-refractivity contribution is 0.0527. The number of rotatable bonds is 11. The number of amides is 1. The van der Waals surface area contributed by atoms with Gasteiger partial charge in [-0.25, -0.2) is 18.0 Å². The van der Waals surface area contributed by atoms with Crippen LogP contribution in [0.2, 0.25) is 0 Å². The molecule has 0 spiro atoms. The lowest BCUT2D eigenvalue weighted by Crippen LogP contribution is -2.36. The molecular formula is C28H32N2O7S2. The number of hydrogen-bond acceptors (Lipinski definition) is 8. The second-order valence-corrected chi connectivity index (χ2v) is 11.7. The van der Waals surface area contributed by atoms with Crippen molar-refractivity contribution in [3.63, 3.8) is 0 Å².